The number of amides is 2. The molecule has 0 aliphatic heterocycles. The molecule has 0 bridgehead atoms. The number of hydrogen-bond donors (Lipinski definition) is 1. The molecule has 1 aromatic heterocycles. The maximum atomic E-state index is 12.4. The third-order valence-corrected chi connectivity index (χ3v) is 4.08. The topological polar surface area (TPSA) is 45.2 Å². The fourth-order valence-corrected chi connectivity index (χ4v) is 2.62. The normalized spacial score (nSPS) is 10.5. The lowest BCUT2D eigenvalue weighted by atomic mass is 10.2. The van der Waals surface area contributed by atoms with Crippen molar-refractivity contribution in [2.24, 2.45) is 0 Å². The van der Waals surface area contributed by atoms with Gasteiger partial charge in [-0.3, -0.25) is 4.98 Å². The fraction of sp³-hybridized carbons (Fsp3) is 0.111. The summed E-state index contributed by atoms with van der Waals surface area (Å²) < 4.78 is 1.02. The number of carbonyl (C=O) groups excluding carboxylic acids is 1. The van der Waals surface area contributed by atoms with Crippen LogP contribution in [-0.2, 0) is 6.54 Å². The molecular weight excluding hydrogens is 354 g/mol. The molecule has 3 rings (SSSR count). The quantitative estimate of drug-likeness (QED) is 0.729. The molecule has 0 unspecified atom stereocenters. The van der Waals surface area contributed by atoms with Gasteiger partial charge in [0.2, 0.25) is 0 Å². The predicted octanol–water partition coefficient (Wildman–Crippen LogP) is 4.66. The highest BCUT2D eigenvalue weighted by atomic mass is 79.9. The Morgan fingerprint density at radius 1 is 1.13 bits per heavy atom. The largest absolute Gasteiger partial charge is 0.323 e. The molecule has 1 heterocycles. The van der Waals surface area contributed by atoms with Gasteiger partial charge in [-0.15, -0.1) is 0 Å². The molecule has 0 aliphatic carbocycles. The van der Waals surface area contributed by atoms with Crippen LogP contribution in [0, 0.1) is 0 Å². The number of para-hydroxylation sites is 1. The molecule has 0 atom stereocenters. The van der Waals surface area contributed by atoms with Crippen molar-refractivity contribution < 1.29 is 4.79 Å². The first kappa shape index (κ1) is 15.5. The summed E-state index contributed by atoms with van der Waals surface area (Å²) in [6, 6.07) is 17.4. The summed E-state index contributed by atoms with van der Waals surface area (Å²) in [4.78, 5) is 18.4. The van der Waals surface area contributed by atoms with E-state index in [1.165, 1.54) is 0 Å². The second kappa shape index (κ2) is 6.79. The fourth-order valence-electron chi connectivity index (χ4n) is 2.35. The van der Waals surface area contributed by atoms with E-state index in [1.54, 1.807) is 18.1 Å². The van der Waals surface area contributed by atoms with E-state index >= 15 is 0 Å². The molecular formula is C18H16BrN3O. The minimum atomic E-state index is -0.161. The van der Waals surface area contributed by atoms with Gasteiger partial charge in [-0.25, -0.2) is 4.79 Å². The number of urea groups is 1. The number of halogens is 1. The van der Waals surface area contributed by atoms with E-state index in [0.717, 1.165) is 26.6 Å². The van der Waals surface area contributed by atoms with Crippen LogP contribution in [0.25, 0.3) is 10.9 Å². The van der Waals surface area contributed by atoms with Crippen LogP contribution in [0.4, 0.5) is 10.5 Å². The summed E-state index contributed by atoms with van der Waals surface area (Å²) in [7, 11) is 1.77. The Bertz CT molecular complexity index is 828. The SMILES string of the molecule is CN(Cc1ccc(Br)cc1)C(=O)Nc1cccc2cccnc12. The molecule has 0 fully saturated rings. The van der Waals surface area contributed by atoms with Crippen molar-refractivity contribution in [2.45, 2.75) is 6.54 Å². The van der Waals surface area contributed by atoms with Crippen LogP contribution in [0.3, 0.4) is 0 Å². The summed E-state index contributed by atoms with van der Waals surface area (Å²) in [5, 5.41) is 3.93. The van der Waals surface area contributed by atoms with E-state index in [1.807, 2.05) is 54.6 Å². The number of pyridine rings is 1. The van der Waals surface area contributed by atoms with Crippen molar-refractivity contribution in [3.63, 3.8) is 0 Å². The number of nitrogens with zero attached hydrogens (tertiary/aromatic N) is 2. The van der Waals surface area contributed by atoms with Crippen molar-refractivity contribution in [3.05, 3.63) is 70.8 Å². The van der Waals surface area contributed by atoms with Crippen molar-refractivity contribution >= 4 is 38.6 Å². The molecule has 23 heavy (non-hydrogen) atoms. The number of carbonyl (C=O) groups is 1. The van der Waals surface area contributed by atoms with Crippen LogP contribution in [0.2, 0.25) is 0 Å². The number of rotatable bonds is 3. The number of nitrogens with one attached hydrogen (secondary N) is 1. The molecule has 0 saturated carbocycles. The number of hydrogen-bond acceptors (Lipinski definition) is 2. The van der Waals surface area contributed by atoms with Crippen molar-refractivity contribution in [2.75, 3.05) is 12.4 Å². The molecule has 0 spiro atoms. The molecule has 116 valence electrons. The zero-order chi connectivity index (χ0) is 16.2. The average Bonchev–Trinajstić information content (AvgIpc) is 2.57. The summed E-state index contributed by atoms with van der Waals surface area (Å²) in [5.41, 5.74) is 2.58. The van der Waals surface area contributed by atoms with Crippen LogP contribution in [0.15, 0.2) is 65.3 Å². The summed E-state index contributed by atoms with van der Waals surface area (Å²) in [5.74, 6) is 0. The average molecular weight is 370 g/mol. The maximum absolute atomic E-state index is 12.4. The Morgan fingerprint density at radius 3 is 2.65 bits per heavy atom. The molecule has 4 nitrogen and oxygen atoms in total. The number of anilines is 1. The van der Waals surface area contributed by atoms with Gasteiger partial charge >= 0.3 is 6.03 Å². The van der Waals surface area contributed by atoms with E-state index < -0.39 is 0 Å². The van der Waals surface area contributed by atoms with Gasteiger partial charge in [0.1, 0.15) is 0 Å². The molecule has 2 aromatic carbocycles. The van der Waals surface area contributed by atoms with E-state index in [9.17, 15) is 4.79 Å². The van der Waals surface area contributed by atoms with Gasteiger partial charge in [0, 0.05) is 29.6 Å². The molecule has 0 saturated heterocycles. The molecule has 2 amide bonds. The lowest BCUT2D eigenvalue weighted by Gasteiger charge is -2.18. The lowest BCUT2D eigenvalue weighted by Crippen LogP contribution is -2.30. The zero-order valence-electron chi connectivity index (χ0n) is 12.7. The van der Waals surface area contributed by atoms with Gasteiger partial charge in [-0.05, 0) is 29.8 Å². The van der Waals surface area contributed by atoms with Gasteiger partial charge in [0.15, 0.2) is 0 Å². The Kier molecular flexibility index (Phi) is 4.57. The van der Waals surface area contributed by atoms with Crippen LogP contribution in [0.1, 0.15) is 5.56 Å². The first-order valence-electron chi connectivity index (χ1n) is 7.24. The Hall–Kier alpha value is -2.40. The van der Waals surface area contributed by atoms with E-state index in [0.29, 0.717) is 6.54 Å². The second-order valence-electron chi connectivity index (χ2n) is 5.29. The minimum absolute atomic E-state index is 0.161. The molecule has 0 radical (unpaired) electrons. The van der Waals surface area contributed by atoms with E-state index in [4.69, 9.17) is 0 Å². The summed E-state index contributed by atoms with van der Waals surface area (Å²) in [6.07, 6.45) is 1.73. The highest BCUT2D eigenvalue weighted by Crippen LogP contribution is 2.21. The summed E-state index contributed by atoms with van der Waals surface area (Å²) in [6.45, 7) is 0.539. The van der Waals surface area contributed by atoms with Crippen LogP contribution in [0.5, 0.6) is 0 Å². The Balaban J connectivity index is 1.74. The monoisotopic (exact) mass is 369 g/mol. The van der Waals surface area contributed by atoms with Crippen LogP contribution < -0.4 is 5.32 Å². The third kappa shape index (κ3) is 3.68. The van der Waals surface area contributed by atoms with Gasteiger partial charge in [0.05, 0.1) is 11.2 Å². The smallest absolute Gasteiger partial charge is 0.321 e. The molecule has 3 aromatic rings. The summed E-state index contributed by atoms with van der Waals surface area (Å²) >= 11 is 3.41. The van der Waals surface area contributed by atoms with Gasteiger partial charge < -0.3 is 10.2 Å². The van der Waals surface area contributed by atoms with E-state index in [-0.39, 0.29) is 6.03 Å². The maximum Gasteiger partial charge on any atom is 0.321 e. The van der Waals surface area contributed by atoms with Gasteiger partial charge in [-0.1, -0.05) is 46.3 Å². The molecule has 1 N–H and O–H groups in total. The highest BCUT2D eigenvalue weighted by molar-refractivity contribution is 9.10. The first-order valence-corrected chi connectivity index (χ1v) is 8.03. The van der Waals surface area contributed by atoms with Crippen LogP contribution >= 0.6 is 15.9 Å². The lowest BCUT2D eigenvalue weighted by molar-refractivity contribution is 0.220. The Morgan fingerprint density at radius 2 is 1.87 bits per heavy atom. The van der Waals surface area contributed by atoms with E-state index in [2.05, 4.69) is 26.2 Å². The predicted molar refractivity (Wildman–Crippen MR) is 96.4 cm³/mol. The minimum Gasteiger partial charge on any atom is -0.323 e. The standard InChI is InChI=1S/C18H16BrN3O/c1-22(12-13-7-9-15(19)10-8-13)18(23)21-16-6-2-4-14-5-3-11-20-17(14)16/h2-11H,12H2,1H3,(H,21,23). The van der Waals surface area contributed by atoms with Crippen molar-refractivity contribution in [3.8, 4) is 0 Å². The molecule has 5 heteroatoms. The zero-order valence-corrected chi connectivity index (χ0v) is 14.2. The molecule has 0 aliphatic rings. The van der Waals surface area contributed by atoms with Gasteiger partial charge in [0.25, 0.3) is 0 Å². The van der Waals surface area contributed by atoms with Crippen LogP contribution in [-0.4, -0.2) is 23.0 Å². The van der Waals surface area contributed by atoms with Crippen molar-refractivity contribution in [1.29, 1.82) is 0 Å². The number of fused-ring (bicyclic) bond motifs is 1. The van der Waals surface area contributed by atoms with Crippen molar-refractivity contribution in [1.82, 2.24) is 9.88 Å². The highest BCUT2D eigenvalue weighted by Gasteiger charge is 2.11. The van der Waals surface area contributed by atoms with Gasteiger partial charge in [-0.2, -0.15) is 0 Å². The first-order chi connectivity index (χ1) is 11.1. The third-order valence-electron chi connectivity index (χ3n) is 3.55. The Labute approximate surface area is 143 Å². The number of benzene rings is 2. The second-order valence-corrected chi connectivity index (χ2v) is 6.21. The number of aromatic nitrogens is 1.